The van der Waals surface area contributed by atoms with Crippen molar-refractivity contribution in [3.05, 3.63) is 35.6 Å². The molecule has 1 unspecified atom stereocenters. The Kier molecular flexibility index (Phi) is 4.34. The van der Waals surface area contributed by atoms with Gasteiger partial charge in [0.2, 0.25) is 5.91 Å². The van der Waals surface area contributed by atoms with Gasteiger partial charge in [0.1, 0.15) is 11.9 Å². The zero-order chi connectivity index (χ0) is 14.7. The highest BCUT2D eigenvalue weighted by molar-refractivity contribution is 5.97. The number of halogens is 1. The van der Waals surface area contributed by atoms with Crippen LogP contribution in [0.4, 0.5) is 4.39 Å². The number of benzene rings is 1. The van der Waals surface area contributed by atoms with Gasteiger partial charge in [0.25, 0.3) is 5.91 Å². The number of rotatable bonds is 2. The number of carbonyl (C=O) groups is 2. The molecule has 0 bridgehead atoms. The van der Waals surface area contributed by atoms with Crippen LogP contribution in [0.1, 0.15) is 10.4 Å². The Hall–Kier alpha value is -1.95. The van der Waals surface area contributed by atoms with E-state index in [9.17, 15) is 14.0 Å². The standard InChI is InChI=1S/C14H18FN3O2/c1-17(2)14(20)12-9-16-7-8-18(12)13(19)10-3-5-11(15)6-4-10/h3-6,12,16H,7-9H2,1-2H3. The molecule has 1 aromatic rings. The molecule has 1 aliphatic heterocycles. The summed E-state index contributed by atoms with van der Waals surface area (Å²) in [5.41, 5.74) is 0.393. The lowest BCUT2D eigenvalue weighted by Gasteiger charge is -2.36. The van der Waals surface area contributed by atoms with Gasteiger partial charge in [-0.05, 0) is 24.3 Å². The second-order valence-electron chi connectivity index (χ2n) is 4.96. The molecule has 0 aromatic heterocycles. The highest BCUT2D eigenvalue weighted by atomic mass is 19.1. The number of nitrogens with zero attached hydrogens (tertiary/aromatic N) is 2. The zero-order valence-electron chi connectivity index (χ0n) is 11.6. The number of likely N-dealkylation sites (N-methyl/N-ethyl adjacent to an activating group) is 1. The first kappa shape index (κ1) is 14.5. The molecule has 0 aliphatic carbocycles. The first-order valence-electron chi connectivity index (χ1n) is 6.49. The quantitative estimate of drug-likeness (QED) is 0.849. The molecule has 2 rings (SSSR count). The van der Waals surface area contributed by atoms with Crippen LogP contribution in [0.3, 0.4) is 0 Å². The zero-order valence-corrected chi connectivity index (χ0v) is 11.6. The van der Waals surface area contributed by atoms with Gasteiger partial charge in [-0.15, -0.1) is 0 Å². The molecular formula is C14H18FN3O2. The van der Waals surface area contributed by atoms with Crippen molar-refractivity contribution in [2.75, 3.05) is 33.7 Å². The monoisotopic (exact) mass is 279 g/mol. The van der Waals surface area contributed by atoms with Crippen LogP contribution in [0.15, 0.2) is 24.3 Å². The van der Waals surface area contributed by atoms with E-state index < -0.39 is 6.04 Å². The Balaban J connectivity index is 2.21. The molecule has 1 atom stereocenters. The van der Waals surface area contributed by atoms with Crippen LogP contribution >= 0.6 is 0 Å². The van der Waals surface area contributed by atoms with Crippen LogP contribution in [0.5, 0.6) is 0 Å². The van der Waals surface area contributed by atoms with Crippen LogP contribution in [0, 0.1) is 5.82 Å². The molecule has 0 spiro atoms. The lowest BCUT2D eigenvalue weighted by Crippen LogP contribution is -2.59. The molecule has 5 nitrogen and oxygen atoms in total. The van der Waals surface area contributed by atoms with Gasteiger partial charge in [0.15, 0.2) is 0 Å². The number of hydrogen-bond acceptors (Lipinski definition) is 3. The molecule has 1 aliphatic rings. The molecule has 1 aromatic carbocycles. The van der Waals surface area contributed by atoms with Gasteiger partial charge in [-0.2, -0.15) is 0 Å². The van der Waals surface area contributed by atoms with E-state index in [-0.39, 0.29) is 17.6 Å². The van der Waals surface area contributed by atoms with Crippen molar-refractivity contribution in [2.24, 2.45) is 0 Å². The molecule has 1 heterocycles. The van der Waals surface area contributed by atoms with Crippen molar-refractivity contribution < 1.29 is 14.0 Å². The van der Waals surface area contributed by atoms with Crippen molar-refractivity contribution in [1.82, 2.24) is 15.1 Å². The normalized spacial score (nSPS) is 18.8. The summed E-state index contributed by atoms with van der Waals surface area (Å²) in [6.45, 7) is 1.54. The molecule has 108 valence electrons. The Bertz CT molecular complexity index is 502. The first-order chi connectivity index (χ1) is 9.50. The Labute approximate surface area is 117 Å². The van der Waals surface area contributed by atoms with Crippen LogP contribution in [0.25, 0.3) is 0 Å². The highest BCUT2D eigenvalue weighted by Gasteiger charge is 2.33. The lowest BCUT2D eigenvalue weighted by molar-refractivity contribution is -0.134. The average molecular weight is 279 g/mol. The Morgan fingerprint density at radius 2 is 1.95 bits per heavy atom. The molecule has 20 heavy (non-hydrogen) atoms. The lowest BCUT2D eigenvalue weighted by atomic mass is 10.1. The minimum absolute atomic E-state index is 0.118. The van der Waals surface area contributed by atoms with E-state index in [0.29, 0.717) is 25.2 Å². The third-order valence-electron chi connectivity index (χ3n) is 3.32. The summed E-state index contributed by atoms with van der Waals surface area (Å²) >= 11 is 0. The molecule has 0 radical (unpaired) electrons. The van der Waals surface area contributed by atoms with Gasteiger partial charge in [-0.1, -0.05) is 0 Å². The Morgan fingerprint density at radius 1 is 1.30 bits per heavy atom. The molecule has 0 saturated carbocycles. The summed E-state index contributed by atoms with van der Waals surface area (Å²) in [5.74, 6) is -0.748. The van der Waals surface area contributed by atoms with Crippen LogP contribution < -0.4 is 5.32 Å². The summed E-state index contributed by atoms with van der Waals surface area (Å²) < 4.78 is 12.9. The SMILES string of the molecule is CN(C)C(=O)C1CNCCN1C(=O)c1ccc(F)cc1. The number of hydrogen-bond donors (Lipinski definition) is 1. The van der Waals surface area contributed by atoms with Crippen molar-refractivity contribution in [3.63, 3.8) is 0 Å². The Morgan fingerprint density at radius 3 is 2.55 bits per heavy atom. The summed E-state index contributed by atoms with van der Waals surface area (Å²) in [4.78, 5) is 27.6. The topological polar surface area (TPSA) is 52.7 Å². The maximum Gasteiger partial charge on any atom is 0.254 e. The van der Waals surface area contributed by atoms with Gasteiger partial charge in [-0.3, -0.25) is 9.59 Å². The highest BCUT2D eigenvalue weighted by Crippen LogP contribution is 2.13. The predicted molar refractivity (Wildman–Crippen MR) is 72.8 cm³/mol. The maximum atomic E-state index is 12.9. The molecule has 1 N–H and O–H groups in total. The predicted octanol–water partition coefficient (Wildman–Crippen LogP) is 0.328. The number of nitrogens with one attached hydrogen (secondary N) is 1. The average Bonchev–Trinajstić information content (AvgIpc) is 2.46. The molecule has 2 amide bonds. The van der Waals surface area contributed by atoms with E-state index in [0.717, 1.165) is 0 Å². The van der Waals surface area contributed by atoms with E-state index in [1.807, 2.05) is 0 Å². The van der Waals surface area contributed by atoms with Gasteiger partial charge in [0.05, 0.1) is 0 Å². The second kappa shape index (κ2) is 6.00. The summed E-state index contributed by atoms with van der Waals surface area (Å²) in [7, 11) is 3.33. The van der Waals surface area contributed by atoms with E-state index in [4.69, 9.17) is 0 Å². The molecule has 1 saturated heterocycles. The fourth-order valence-electron chi connectivity index (χ4n) is 2.22. The van der Waals surface area contributed by atoms with Crippen molar-refractivity contribution in [3.8, 4) is 0 Å². The molecular weight excluding hydrogens is 261 g/mol. The van der Waals surface area contributed by atoms with Gasteiger partial charge < -0.3 is 15.1 Å². The number of amides is 2. The van der Waals surface area contributed by atoms with Crippen LogP contribution in [-0.2, 0) is 4.79 Å². The van der Waals surface area contributed by atoms with Gasteiger partial charge >= 0.3 is 0 Å². The minimum atomic E-state index is -0.517. The van der Waals surface area contributed by atoms with Crippen molar-refractivity contribution >= 4 is 11.8 Å². The fraction of sp³-hybridized carbons (Fsp3) is 0.429. The van der Waals surface area contributed by atoms with Crippen LogP contribution in [-0.4, -0.2) is 61.4 Å². The van der Waals surface area contributed by atoms with E-state index in [2.05, 4.69) is 5.32 Å². The second-order valence-corrected chi connectivity index (χ2v) is 4.96. The molecule has 6 heteroatoms. The largest absolute Gasteiger partial charge is 0.347 e. The van der Waals surface area contributed by atoms with E-state index in [1.54, 1.807) is 19.0 Å². The maximum absolute atomic E-state index is 12.9. The van der Waals surface area contributed by atoms with Crippen LogP contribution in [0.2, 0.25) is 0 Å². The number of carbonyl (C=O) groups excluding carboxylic acids is 2. The first-order valence-corrected chi connectivity index (χ1v) is 6.49. The summed E-state index contributed by atoms with van der Waals surface area (Å²) in [5, 5.41) is 3.11. The number of piperazine rings is 1. The van der Waals surface area contributed by atoms with Gasteiger partial charge in [0, 0.05) is 39.3 Å². The van der Waals surface area contributed by atoms with Gasteiger partial charge in [-0.25, -0.2) is 4.39 Å². The van der Waals surface area contributed by atoms with Crippen molar-refractivity contribution in [1.29, 1.82) is 0 Å². The van der Waals surface area contributed by atoms with Crippen molar-refractivity contribution in [2.45, 2.75) is 6.04 Å². The van der Waals surface area contributed by atoms with E-state index in [1.165, 1.54) is 29.2 Å². The fourth-order valence-corrected chi connectivity index (χ4v) is 2.22. The third kappa shape index (κ3) is 2.96. The molecule has 1 fully saturated rings. The summed E-state index contributed by atoms with van der Waals surface area (Å²) in [6, 6.07) is 4.86. The smallest absolute Gasteiger partial charge is 0.254 e. The van der Waals surface area contributed by atoms with E-state index >= 15 is 0 Å². The third-order valence-corrected chi connectivity index (χ3v) is 3.32. The summed E-state index contributed by atoms with van der Waals surface area (Å²) in [6.07, 6.45) is 0. The minimum Gasteiger partial charge on any atom is -0.347 e.